The smallest absolute Gasteiger partial charge is 0.271 e. The minimum absolute atomic E-state index is 0.0366. The quantitative estimate of drug-likeness (QED) is 0.543. The molecule has 3 saturated heterocycles. The molecule has 4 fully saturated rings. The van der Waals surface area contributed by atoms with Crippen LogP contribution in [0.25, 0.3) is 10.9 Å². The molecule has 4 aliphatic rings. The van der Waals surface area contributed by atoms with Crippen molar-refractivity contribution in [3.63, 3.8) is 0 Å². The number of hydrogen-bond donors (Lipinski definition) is 3. The first kappa shape index (κ1) is 25.4. The summed E-state index contributed by atoms with van der Waals surface area (Å²) in [6, 6.07) is 2.15. The third-order valence-corrected chi connectivity index (χ3v) is 8.07. The van der Waals surface area contributed by atoms with E-state index in [4.69, 9.17) is 11.6 Å². The lowest BCUT2D eigenvalue weighted by atomic mass is 9.71. The lowest BCUT2D eigenvalue weighted by Gasteiger charge is -2.53. The van der Waals surface area contributed by atoms with Crippen LogP contribution in [-0.2, 0) is 9.59 Å². The number of aromatic amines is 1. The van der Waals surface area contributed by atoms with Crippen molar-refractivity contribution >= 4 is 40.2 Å². The van der Waals surface area contributed by atoms with Crippen molar-refractivity contribution in [3.05, 3.63) is 34.7 Å². The van der Waals surface area contributed by atoms with Crippen molar-refractivity contribution in [3.8, 4) is 6.07 Å². The highest BCUT2D eigenvalue weighted by atomic mass is 35.5. The first-order valence-electron chi connectivity index (χ1n) is 12.3. The normalized spacial score (nSPS) is 27.4. The number of H-pyrrole nitrogens is 1. The van der Waals surface area contributed by atoms with Crippen molar-refractivity contribution in [2.24, 2.45) is 11.8 Å². The predicted octanol–water partition coefficient (Wildman–Crippen LogP) is 3.51. The number of carbonyl (C=O) groups excluding carboxylic acids is 3. The third-order valence-electron chi connectivity index (χ3n) is 7.75. The van der Waals surface area contributed by atoms with Crippen LogP contribution in [0.4, 0.5) is 13.2 Å². The van der Waals surface area contributed by atoms with E-state index in [1.807, 2.05) is 6.07 Å². The lowest BCUT2D eigenvalue weighted by molar-refractivity contribution is -0.179. The number of benzene rings is 1. The zero-order valence-electron chi connectivity index (χ0n) is 19.7. The van der Waals surface area contributed by atoms with Gasteiger partial charge in [0, 0.05) is 30.3 Å². The molecule has 1 aliphatic carbocycles. The first-order valence-corrected chi connectivity index (χ1v) is 12.6. The largest absolute Gasteiger partial charge is 0.356 e. The van der Waals surface area contributed by atoms with Gasteiger partial charge in [-0.2, -0.15) is 5.26 Å². The van der Waals surface area contributed by atoms with Crippen LogP contribution in [0.15, 0.2) is 18.2 Å². The number of halogens is 4. The second-order valence-electron chi connectivity index (χ2n) is 10.0. The van der Waals surface area contributed by atoms with Crippen molar-refractivity contribution < 1.29 is 27.6 Å². The van der Waals surface area contributed by atoms with Crippen LogP contribution in [0.1, 0.15) is 49.0 Å². The number of nitrogens with zero attached hydrogens (tertiary/aromatic N) is 2. The van der Waals surface area contributed by atoms with Gasteiger partial charge in [-0.3, -0.25) is 14.4 Å². The summed E-state index contributed by atoms with van der Waals surface area (Å²) in [6.45, 7) is 0.541. The topological polar surface area (TPSA) is 118 Å². The Morgan fingerprint density at radius 2 is 2.08 bits per heavy atom. The second-order valence-corrected chi connectivity index (χ2v) is 10.4. The van der Waals surface area contributed by atoms with E-state index in [2.05, 4.69) is 15.6 Å². The van der Waals surface area contributed by atoms with Gasteiger partial charge in [0.05, 0.1) is 22.5 Å². The van der Waals surface area contributed by atoms with Gasteiger partial charge in [-0.25, -0.2) is 13.2 Å². The molecule has 2 aromatic rings. The maximum absolute atomic E-state index is 15.0. The number of aromatic nitrogens is 1. The minimum Gasteiger partial charge on any atom is -0.356 e. The Morgan fingerprint density at radius 1 is 1.30 bits per heavy atom. The molecule has 3 N–H and O–H groups in total. The molecule has 0 radical (unpaired) electrons. The van der Waals surface area contributed by atoms with Gasteiger partial charge in [-0.05, 0) is 50.3 Å². The van der Waals surface area contributed by atoms with Gasteiger partial charge in [0.1, 0.15) is 23.6 Å². The number of nitriles is 1. The molecular weight excluding hydrogens is 511 g/mol. The summed E-state index contributed by atoms with van der Waals surface area (Å²) < 4.78 is 44.2. The molecule has 2 bridgehead atoms. The van der Waals surface area contributed by atoms with Gasteiger partial charge < -0.3 is 20.5 Å². The van der Waals surface area contributed by atoms with Crippen LogP contribution >= 0.6 is 11.6 Å². The summed E-state index contributed by atoms with van der Waals surface area (Å²) >= 11 is 6.13. The highest BCUT2D eigenvalue weighted by Gasteiger charge is 2.60. The Labute approximate surface area is 215 Å². The Morgan fingerprint density at radius 3 is 2.76 bits per heavy atom. The molecular formula is C25H25ClF3N5O3. The molecule has 0 spiro atoms. The molecule has 0 unspecified atom stereocenters. The molecule has 5 atom stereocenters. The van der Waals surface area contributed by atoms with E-state index < -0.39 is 59.9 Å². The predicted molar refractivity (Wildman–Crippen MR) is 127 cm³/mol. The van der Waals surface area contributed by atoms with Gasteiger partial charge in [0.15, 0.2) is 0 Å². The summed E-state index contributed by atoms with van der Waals surface area (Å²) in [5, 5.41) is 15.1. The number of hydrogen-bond acceptors (Lipinski definition) is 4. The Kier molecular flexibility index (Phi) is 6.56. The van der Waals surface area contributed by atoms with E-state index >= 15 is 0 Å². The zero-order chi connectivity index (χ0) is 26.5. The van der Waals surface area contributed by atoms with Gasteiger partial charge in [0.2, 0.25) is 11.8 Å². The van der Waals surface area contributed by atoms with Gasteiger partial charge in [-0.1, -0.05) is 11.6 Å². The Hall–Kier alpha value is -3.26. The average Bonchev–Trinajstić information content (AvgIpc) is 3.33. The fraction of sp³-hybridized carbons (Fsp3) is 0.520. The van der Waals surface area contributed by atoms with Crippen molar-refractivity contribution in [1.82, 2.24) is 20.5 Å². The first-order chi connectivity index (χ1) is 17.6. The standard InChI is InChI=1S/C25H25ClF3N5O3/c26-17-5-6-18(27)15-9-19(33-20(15)17)24(37)34-14-3-4-16(25(28,29)10-14)21(34)23(36)32-13(11-30)8-12-2-1-7-31-22(12)35/h5-6,9,12-14,16,21,33H,1-4,7-8,10H2,(H,31,35)(H,32,36)/t12-,13+,14-,16-,21-/m0/s1. The molecule has 37 heavy (non-hydrogen) atoms. The number of amides is 3. The molecule has 6 rings (SSSR count). The number of carbonyl (C=O) groups is 3. The number of alkyl halides is 2. The van der Waals surface area contributed by atoms with E-state index in [0.29, 0.717) is 13.0 Å². The van der Waals surface area contributed by atoms with E-state index in [-0.39, 0.29) is 46.8 Å². The number of nitrogens with one attached hydrogen (secondary N) is 3. The number of piperidine rings is 3. The minimum atomic E-state index is -3.18. The van der Waals surface area contributed by atoms with E-state index in [9.17, 15) is 32.8 Å². The molecule has 12 heteroatoms. The fourth-order valence-electron chi connectivity index (χ4n) is 5.95. The molecule has 8 nitrogen and oxygen atoms in total. The van der Waals surface area contributed by atoms with Crippen LogP contribution < -0.4 is 10.6 Å². The van der Waals surface area contributed by atoms with Gasteiger partial charge in [0.25, 0.3) is 11.8 Å². The average molecular weight is 536 g/mol. The second kappa shape index (κ2) is 9.56. The lowest BCUT2D eigenvalue weighted by Crippen LogP contribution is -2.68. The van der Waals surface area contributed by atoms with Crippen LogP contribution in [0.5, 0.6) is 0 Å². The number of fused-ring (bicyclic) bond motifs is 4. The van der Waals surface area contributed by atoms with Crippen LogP contribution in [-0.4, -0.2) is 58.2 Å². The summed E-state index contributed by atoms with van der Waals surface area (Å²) in [4.78, 5) is 43.1. The highest BCUT2D eigenvalue weighted by Crippen LogP contribution is 2.49. The number of rotatable bonds is 5. The van der Waals surface area contributed by atoms with E-state index in [0.717, 1.165) is 17.4 Å². The molecule has 196 valence electrons. The monoisotopic (exact) mass is 535 g/mol. The van der Waals surface area contributed by atoms with Crippen molar-refractivity contribution in [2.45, 2.75) is 62.6 Å². The third kappa shape index (κ3) is 4.52. The zero-order valence-corrected chi connectivity index (χ0v) is 20.5. The highest BCUT2D eigenvalue weighted by molar-refractivity contribution is 6.35. The van der Waals surface area contributed by atoms with E-state index in [1.54, 1.807) is 0 Å². The van der Waals surface area contributed by atoms with E-state index in [1.165, 1.54) is 12.1 Å². The summed E-state index contributed by atoms with van der Waals surface area (Å²) in [6.07, 6.45) is 1.06. The maximum atomic E-state index is 15.0. The summed E-state index contributed by atoms with van der Waals surface area (Å²) in [7, 11) is 0. The SMILES string of the molecule is N#C[C@@H](C[C@@H]1CCCNC1=O)NC(=O)[C@@H]1[C@@H]2CC[C@@H](CC2(F)F)N1C(=O)c1cc2c(F)ccc(Cl)c2[nH]1. The molecule has 1 aromatic heterocycles. The van der Waals surface area contributed by atoms with Crippen LogP contribution in [0.2, 0.25) is 5.02 Å². The van der Waals surface area contributed by atoms with Crippen molar-refractivity contribution in [2.75, 3.05) is 6.54 Å². The summed E-state index contributed by atoms with van der Waals surface area (Å²) in [5.74, 6) is -7.52. The molecule has 4 heterocycles. The molecule has 3 aliphatic heterocycles. The Balaban J connectivity index is 1.43. The van der Waals surface area contributed by atoms with Gasteiger partial charge >= 0.3 is 0 Å². The molecule has 1 saturated carbocycles. The fourth-order valence-corrected chi connectivity index (χ4v) is 6.16. The van der Waals surface area contributed by atoms with Crippen LogP contribution in [0.3, 0.4) is 0 Å². The molecule has 3 amide bonds. The maximum Gasteiger partial charge on any atom is 0.271 e. The van der Waals surface area contributed by atoms with Gasteiger partial charge in [-0.15, -0.1) is 0 Å². The Bertz CT molecular complexity index is 1270. The molecule has 1 aromatic carbocycles. The van der Waals surface area contributed by atoms with Crippen LogP contribution in [0, 0.1) is 29.0 Å². The van der Waals surface area contributed by atoms with Crippen molar-refractivity contribution in [1.29, 1.82) is 5.26 Å². The summed E-state index contributed by atoms with van der Waals surface area (Å²) in [5.41, 5.74) is 0.111.